The van der Waals surface area contributed by atoms with Crippen LogP contribution in [0.1, 0.15) is 5.56 Å². The number of piperazine rings is 1. The van der Waals surface area contributed by atoms with Crippen molar-refractivity contribution < 1.29 is 14.5 Å². The van der Waals surface area contributed by atoms with Gasteiger partial charge in [-0.15, -0.1) is 0 Å². The number of carbonyl (C=O) groups is 1. The zero-order valence-corrected chi connectivity index (χ0v) is 17.6. The third kappa shape index (κ3) is 3.85. The predicted octanol–water partition coefficient (Wildman–Crippen LogP) is 4.03. The second-order valence-electron chi connectivity index (χ2n) is 8.10. The Kier molecular flexibility index (Phi) is 5.36. The number of nitro groups is 1. The van der Waals surface area contributed by atoms with E-state index < -0.39 is 6.09 Å². The number of fused-ring (bicyclic) bond motifs is 1. The fourth-order valence-corrected chi connectivity index (χ4v) is 4.54. The SMILES string of the molecule is O=C1OCCN1c1ccc(N2CCN(Cc3cccc4ccccc34)CC2)c([N+](=O)[O-])c1. The first-order valence-corrected chi connectivity index (χ1v) is 10.8. The van der Waals surface area contributed by atoms with Crippen molar-refractivity contribution in [1.82, 2.24) is 4.90 Å². The van der Waals surface area contributed by atoms with Crippen LogP contribution in [0.15, 0.2) is 60.7 Å². The number of carbonyl (C=O) groups excluding carboxylic acids is 1. The summed E-state index contributed by atoms with van der Waals surface area (Å²) >= 11 is 0. The van der Waals surface area contributed by atoms with Crippen LogP contribution in [0.3, 0.4) is 0 Å². The first-order chi connectivity index (χ1) is 15.6. The summed E-state index contributed by atoms with van der Waals surface area (Å²) in [5.41, 5.74) is 2.41. The molecule has 0 saturated carbocycles. The van der Waals surface area contributed by atoms with Gasteiger partial charge in [0.1, 0.15) is 12.3 Å². The van der Waals surface area contributed by atoms with Gasteiger partial charge in [0.15, 0.2) is 0 Å². The van der Waals surface area contributed by atoms with Gasteiger partial charge >= 0.3 is 6.09 Å². The highest BCUT2D eigenvalue weighted by molar-refractivity contribution is 5.90. The molecule has 0 N–H and O–H groups in total. The number of nitrogens with zero attached hydrogens (tertiary/aromatic N) is 4. The lowest BCUT2D eigenvalue weighted by atomic mass is 10.0. The van der Waals surface area contributed by atoms with Gasteiger partial charge in [0.25, 0.3) is 5.69 Å². The molecule has 0 radical (unpaired) electrons. The number of amides is 1. The molecule has 164 valence electrons. The average Bonchev–Trinajstić information content (AvgIpc) is 3.25. The van der Waals surface area contributed by atoms with E-state index >= 15 is 0 Å². The van der Waals surface area contributed by atoms with Gasteiger partial charge in [-0.05, 0) is 28.5 Å². The third-order valence-corrected chi connectivity index (χ3v) is 6.22. The van der Waals surface area contributed by atoms with Crippen molar-refractivity contribution in [3.63, 3.8) is 0 Å². The fourth-order valence-electron chi connectivity index (χ4n) is 4.54. The molecule has 3 aromatic carbocycles. The van der Waals surface area contributed by atoms with Crippen LogP contribution < -0.4 is 9.80 Å². The smallest absolute Gasteiger partial charge is 0.414 e. The van der Waals surface area contributed by atoms with Crippen LogP contribution in [0.2, 0.25) is 0 Å². The predicted molar refractivity (Wildman–Crippen MR) is 123 cm³/mol. The highest BCUT2D eigenvalue weighted by Gasteiger charge is 2.29. The summed E-state index contributed by atoms with van der Waals surface area (Å²) in [6.07, 6.45) is -0.464. The summed E-state index contributed by atoms with van der Waals surface area (Å²) in [6.45, 7) is 4.61. The largest absolute Gasteiger partial charge is 0.447 e. The Hall–Kier alpha value is -3.65. The van der Waals surface area contributed by atoms with E-state index in [1.54, 1.807) is 12.1 Å². The molecule has 32 heavy (non-hydrogen) atoms. The van der Waals surface area contributed by atoms with E-state index in [0.717, 1.165) is 19.6 Å². The van der Waals surface area contributed by atoms with Crippen molar-refractivity contribution in [1.29, 1.82) is 0 Å². The lowest BCUT2D eigenvalue weighted by Gasteiger charge is -2.36. The topological polar surface area (TPSA) is 79.2 Å². The van der Waals surface area contributed by atoms with E-state index in [9.17, 15) is 14.9 Å². The molecule has 2 aliphatic rings. The zero-order chi connectivity index (χ0) is 22.1. The molecule has 3 aromatic rings. The van der Waals surface area contributed by atoms with Crippen molar-refractivity contribution in [2.45, 2.75) is 6.54 Å². The van der Waals surface area contributed by atoms with Crippen molar-refractivity contribution in [3.05, 3.63) is 76.3 Å². The maximum atomic E-state index is 11.8. The summed E-state index contributed by atoms with van der Waals surface area (Å²) in [5, 5.41) is 14.3. The Bertz CT molecular complexity index is 1170. The van der Waals surface area contributed by atoms with Crippen molar-refractivity contribution in [3.8, 4) is 0 Å². The monoisotopic (exact) mass is 432 g/mol. The number of hydrogen-bond acceptors (Lipinski definition) is 6. The lowest BCUT2D eigenvalue weighted by molar-refractivity contribution is -0.384. The van der Waals surface area contributed by atoms with Crippen molar-refractivity contribution >= 4 is 33.9 Å². The van der Waals surface area contributed by atoms with Gasteiger partial charge in [0, 0.05) is 38.8 Å². The maximum absolute atomic E-state index is 11.8. The lowest BCUT2D eigenvalue weighted by Crippen LogP contribution is -2.46. The molecule has 2 fully saturated rings. The Morgan fingerprint density at radius 3 is 2.47 bits per heavy atom. The van der Waals surface area contributed by atoms with Gasteiger partial charge in [-0.3, -0.25) is 19.9 Å². The molecule has 0 unspecified atom stereocenters. The Morgan fingerprint density at radius 1 is 0.938 bits per heavy atom. The molecule has 2 heterocycles. The third-order valence-electron chi connectivity index (χ3n) is 6.22. The zero-order valence-electron chi connectivity index (χ0n) is 17.6. The van der Waals surface area contributed by atoms with Gasteiger partial charge in [-0.2, -0.15) is 0 Å². The minimum absolute atomic E-state index is 0.0182. The molecular formula is C24H24N4O4. The number of ether oxygens (including phenoxy) is 1. The van der Waals surface area contributed by atoms with E-state index in [2.05, 4.69) is 52.3 Å². The number of anilines is 2. The number of rotatable bonds is 5. The minimum atomic E-state index is -0.464. The number of cyclic esters (lactones) is 1. The Morgan fingerprint density at radius 2 is 1.72 bits per heavy atom. The van der Waals surface area contributed by atoms with Crippen LogP contribution in [-0.4, -0.2) is 55.2 Å². The molecule has 2 saturated heterocycles. The molecule has 1 amide bonds. The van der Waals surface area contributed by atoms with Gasteiger partial charge in [-0.1, -0.05) is 42.5 Å². The summed E-state index contributed by atoms with van der Waals surface area (Å²) < 4.78 is 4.96. The Labute approximate surface area is 185 Å². The molecule has 0 aromatic heterocycles. The van der Waals surface area contributed by atoms with Crippen LogP contribution >= 0.6 is 0 Å². The van der Waals surface area contributed by atoms with E-state index in [-0.39, 0.29) is 10.6 Å². The quantitative estimate of drug-likeness (QED) is 0.447. The van der Waals surface area contributed by atoms with E-state index in [1.165, 1.54) is 27.3 Å². The van der Waals surface area contributed by atoms with E-state index in [1.807, 2.05) is 0 Å². The minimum Gasteiger partial charge on any atom is -0.447 e. The number of benzene rings is 3. The van der Waals surface area contributed by atoms with Gasteiger partial charge in [0.05, 0.1) is 17.2 Å². The highest BCUT2D eigenvalue weighted by atomic mass is 16.6. The summed E-state index contributed by atoms with van der Waals surface area (Å²) in [6, 6.07) is 19.8. The standard InChI is InChI=1S/C24H24N4O4/c29-24-27(14-15-32-24)20-8-9-22(23(16-20)28(30)31)26-12-10-25(11-13-26)17-19-6-3-5-18-4-1-2-7-21(18)19/h1-9,16H,10-15,17H2. The van der Waals surface area contributed by atoms with Crippen molar-refractivity contribution in [2.75, 3.05) is 49.1 Å². The molecule has 0 bridgehead atoms. The van der Waals surface area contributed by atoms with Crippen molar-refractivity contribution in [2.24, 2.45) is 0 Å². The molecule has 2 aliphatic heterocycles. The second kappa shape index (κ2) is 8.47. The first-order valence-electron chi connectivity index (χ1n) is 10.8. The summed E-state index contributed by atoms with van der Waals surface area (Å²) in [7, 11) is 0. The fraction of sp³-hybridized carbons (Fsp3) is 0.292. The normalized spacial score (nSPS) is 17.1. The molecule has 8 nitrogen and oxygen atoms in total. The molecule has 0 aliphatic carbocycles. The molecular weight excluding hydrogens is 408 g/mol. The summed E-state index contributed by atoms with van der Waals surface area (Å²) in [5.74, 6) is 0. The molecule has 5 rings (SSSR count). The van der Waals surface area contributed by atoms with E-state index in [4.69, 9.17) is 4.74 Å². The number of hydrogen-bond donors (Lipinski definition) is 0. The van der Waals surface area contributed by atoms with E-state index in [0.29, 0.717) is 37.6 Å². The van der Waals surface area contributed by atoms with Crippen LogP contribution in [-0.2, 0) is 11.3 Å². The average molecular weight is 432 g/mol. The van der Waals surface area contributed by atoms with Gasteiger partial charge < -0.3 is 9.64 Å². The molecule has 0 spiro atoms. The van der Waals surface area contributed by atoms with Crippen LogP contribution in [0.4, 0.5) is 21.9 Å². The first kappa shape index (κ1) is 20.3. The number of nitro benzene ring substituents is 1. The molecule has 0 atom stereocenters. The van der Waals surface area contributed by atoms with Gasteiger partial charge in [-0.25, -0.2) is 4.79 Å². The highest BCUT2D eigenvalue weighted by Crippen LogP contribution is 2.34. The molecule has 8 heteroatoms. The summed E-state index contributed by atoms with van der Waals surface area (Å²) in [4.78, 5) is 29.1. The van der Waals surface area contributed by atoms with Crippen LogP contribution in [0.5, 0.6) is 0 Å². The Balaban J connectivity index is 1.30. The van der Waals surface area contributed by atoms with Crippen LogP contribution in [0, 0.1) is 10.1 Å². The maximum Gasteiger partial charge on any atom is 0.414 e. The second-order valence-corrected chi connectivity index (χ2v) is 8.10. The van der Waals surface area contributed by atoms with Gasteiger partial charge in [0.2, 0.25) is 0 Å². The van der Waals surface area contributed by atoms with Crippen LogP contribution in [0.25, 0.3) is 10.8 Å².